The summed E-state index contributed by atoms with van der Waals surface area (Å²) < 4.78 is 6.30. The summed E-state index contributed by atoms with van der Waals surface area (Å²) in [4.78, 5) is 15.0. The summed E-state index contributed by atoms with van der Waals surface area (Å²) in [5.41, 5.74) is 8.87. The van der Waals surface area contributed by atoms with E-state index < -0.39 is 0 Å². The van der Waals surface area contributed by atoms with Crippen molar-refractivity contribution in [2.75, 3.05) is 0 Å². The van der Waals surface area contributed by atoms with E-state index in [0.717, 1.165) is 38.8 Å². The lowest BCUT2D eigenvalue weighted by atomic mass is 9.81. The molecule has 0 bridgehead atoms. The van der Waals surface area contributed by atoms with Crippen molar-refractivity contribution in [3.05, 3.63) is 175 Å². The van der Waals surface area contributed by atoms with Crippen LogP contribution in [0.3, 0.4) is 0 Å². The van der Waals surface area contributed by atoms with Gasteiger partial charge in [0.15, 0.2) is 17.5 Å². The number of allylic oxidation sites excluding steroid dienone is 2. The summed E-state index contributed by atoms with van der Waals surface area (Å²) in [7, 11) is 0. The van der Waals surface area contributed by atoms with E-state index in [4.69, 9.17) is 19.7 Å². The molecule has 2 atom stereocenters. The Balaban J connectivity index is 1.12. The Kier molecular flexibility index (Phi) is 6.57. The lowest BCUT2D eigenvalue weighted by molar-refractivity contribution is 0.271. The lowest BCUT2D eigenvalue weighted by Crippen LogP contribution is -2.19. The molecule has 0 saturated heterocycles. The molecule has 2 unspecified atom stereocenters. The fourth-order valence-corrected chi connectivity index (χ4v) is 6.74. The molecule has 1 aliphatic carbocycles. The topological polar surface area (TPSA) is 47.9 Å². The highest BCUT2D eigenvalue weighted by Gasteiger charge is 2.36. The molecule has 2 aliphatic rings. The third-order valence-electron chi connectivity index (χ3n) is 9.11. The van der Waals surface area contributed by atoms with Crippen molar-refractivity contribution in [1.82, 2.24) is 15.0 Å². The van der Waals surface area contributed by atoms with Crippen LogP contribution in [-0.2, 0) is 0 Å². The predicted octanol–water partition coefficient (Wildman–Crippen LogP) is 10.2. The van der Waals surface area contributed by atoms with Crippen LogP contribution < -0.4 is 4.74 Å². The van der Waals surface area contributed by atoms with Crippen molar-refractivity contribution >= 4 is 16.3 Å². The average molecular weight is 604 g/mol. The first-order valence-corrected chi connectivity index (χ1v) is 15.9. The molecule has 0 N–H and O–H groups in total. The third-order valence-corrected chi connectivity index (χ3v) is 9.11. The molecule has 222 valence electrons. The third kappa shape index (κ3) is 5.01. The molecule has 2 heterocycles. The molecule has 0 spiro atoms. The SMILES string of the molecule is C1=CC2Oc3ccccc3C2C(c2ccc3ccc(-c4nc(-c5ccccc5)nc(-c5ccc(-c6ccccc6)cc5)n4)cc3c2)=C1. The van der Waals surface area contributed by atoms with E-state index >= 15 is 0 Å². The maximum atomic E-state index is 6.30. The maximum absolute atomic E-state index is 6.30. The van der Waals surface area contributed by atoms with Gasteiger partial charge in [-0.3, -0.25) is 0 Å². The van der Waals surface area contributed by atoms with Gasteiger partial charge in [-0.15, -0.1) is 0 Å². The Morgan fingerprint density at radius 1 is 0.447 bits per heavy atom. The van der Waals surface area contributed by atoms with Gasteiger partial charge in [0.1, 0.15) is 11.9 Å². The fraction of sp³-hybridized carbons (Fsp3) is 0.0465. The number of rotatable bonds is 5. The zero-order valence-electron chi connectivity index (χ0n) is 25.5. The van der Waals surface area contributed by atoms with Gasteiger partial charge in [0.05, 0.1) is 5.92 Å². The van der Waals surface area contributed by atoms with Gasteiger partial charge in [0, 0.05) is 22.3 Å². The van der Waals surface area contributed by atoms with Gasteiger partial charge in [-0.25, -0.2) is 15.0 Å². The Morgan fingerprint density at radius 2 is 0.979 bits per heavy atom. The van der Waals surface area contributed by atoms with E-state index in [-0.39, 0.29) is 12.0 Å². The van der Waals surface area contributed by atoms with E-state index in [1.807, 2.05) is 42.5 Å². The number of nitrogens with zero attached hydrogens (tertiary/aromatic N) is 3. The summed E-state index contributed by atoms with van der Waals surface area (Å²) >= 11 is 0. The van der Waals surface area contributed by atoms with Crippen molar-refractivity contribution in [1.29, 1.82) is 0 Å². The first kappa shape index (κ1) is 27.2. The Labute approximate surface area is 273 Å². The van der Waals surface area contributed by atoms with Crippen LogP contribution in [0.2, 0.25) is 0 Å². The highest BCUT2D eigenvalue weighted by Crippen LogP contribution is 2.48. The molecule has 4 heteroatoms. The van der Waals surface area contributed by atoms with Crippen molar-refractivity contribution < 1.29 is 4.74 Å². The van der Waals surface area contributed by atoms with Crippen LogP contribution in [0.1, 0.15) is 17.0 Å². The molecule has 0 radical (unpaired) electrons. The van der Waals surface area contributed by atoms with Gasteiger partial charge in [0.25, 0.3) is 0 Å². The molecule has 0 amide bonds. The van der Waals surface area contributed by atoms with E-state index in [2.05, 4.69) is 121 Å². The molecule has 9 rings (SSSR count). The quantitative estimate of drug-likeness (QED) is 0.196. The van der Waals surface area contributed by atoms with E-state index in [0.29, 0.717) is 17.5 Å². The summed E-state index contributed by atoms with van der Waals surface area (Å²) in [6.45, 7) is 0. The smallest absolute Gasteiger partial charge is 0.164 e. The summed E-state index contributed by atoms with van der Waals surface area (Å²) in [6.07, 6.45) is 6.51. The number of aromatic nitrogens is 3. The van der Waals surface area contributed by atoms with Crippen LogP contribution in [-0.4, -0.2) is 21.1 Å². The molecular weight excluding hydrogens is 574 g/mol. The normalized spacial score (nSPS) is 16.3. The molecular formula is C43H29N3O. The summed E-state index contributed by atoms with van der Waals surface area (Å²) in [6, 6.07) is 50.5. The zero-order chi connectivity index (χ0) is 31.2. The predicted molar refractivity (Wildman–Crippen MR) is 190 cm³/mol. The Bertz CT molecular complexity index is 2330. The van der Waals surface area contributed by atoms with Gasteiger partial charge >= 0.3 is 0 Å². The minimum Gasteiger partial charge on any atom is -0.485 e. The molecule has 0 fully saturated rings. The minimum atomic E-state index is 0.0104. The lowest BCUT2D eigenvalue weighted by Gasteiger charge is -2.23. The van der Waals surface area contributed by atoms with Crippen molar-refractivity contribution in [3.8, 4) is 51.0 Å². The molecule has 7 aromatic rings. The molecule has 1 aliphatic heterocycles. The highest BCUT2D eigenvalue weighted by atomic mass is 16.5. The van der Waals surface area contributed by atoms with Crippen molar-refractivity contribution in [2.24, 2.45) is 0 Å². The first-order chi connectivity index (χ1) is 23.3. The first-order valence-electron chi connectivity index (χ1n) is 15.9. The molecule has 0 saturated carbocycles. The van der Waals surface area contributed by atoms with Crippen LogP contribution in [0.4, 0.5) is 0 Å². The van der Waals surface area contributed by atoms with Crippen LogP contribution >= 0.6 is 0 Å². The van der Waals surface area contributed by atoms with Gasteiger partial charge in [-0.1, -0.05) is 140 Å². The molecule has 47 heavy (non-hydrogen) atoms. The van der Waals surface area contributed by atoms with Crippen LogP contribution in [0.25, 0.3) is 61.6 Å². The van der Waals surface area contributed by atoms with Gasteiger partial charge < -0.3 is 4.74 Å². The molecule has 1 aromatic heterocycles. The van der Waals surface area contributed by atoms with Crippen LogP contribution in [0.5, 0.6) is 5.75 Å². The second kappa shape index (κ2) is 11.3. The van der Waals surface area contributed by atoms with Gasteiger partial charge in [-0.2, -0.15) is 0 Å². The molecule has 4 nitrogen and oxygen atoms in total. The summed E-state index contributed by atoms with van der Waals surface area (Å²) in [5.74, 6) is 3.08. The second-order valence-corrected chi connectivity index (χ2v) is 12.0. The number of ether oxygens (including phenoxy) is 1. The van der Waals surface area contributed by atoms with Crippen LogP contribution in [0, 0.1) is 0 Å². The number of fused-ring (bicyclic) bond motifs is 4. The number of hydrogen-bond acceptors (Lipinski definition) is 4. The second-order valence-electron chi connectivity index (χ2n) is 12.0. The summed E-state index contributed by atoms with van der Waals surface area (Å²) in [5, 5.41) is 2.30. The fourth-order valence-electron chi connectivity index (χ4n) is 6.74. The van der Waals surface area contributed by atoms with Crippen molar-refractivity contribution in [2.45, 2.75) is 12.0 Å². The molecule has 6 aromatic carbocycles. The zero-order valence-corrected chi connectivity index (χ0v) is 25.5. The average Bonchev–Trinajstić information content (AvgIpc) is 3.54. The van der Waals surface area contributed by atoms with E-state index in [1.54, 1.807) is 0 Å². The number of para-hydroxylation sites is 1. The van der Waals surface area contributed by atoms with E-state index in [1.165, 1.54) is 22.3 Å². The standard InChI is InChI=1S/C43H29N3O/c1-3-10-28(11-4-1)29-18-22-32(23-19-29)42-44-41(31-12-5-2-6-13-31)45-43(46-42)34-25-21-30-20-24-33(26-35(30)27-34)36-15-9-17-39-40(36)37-14-7-8-16-38(37)47-39/h1-27,39-40H. The Morgan fingerprint density at radius 3 is 1.72 bits per heavy atom. The van der Waals surface area contributed by atoms with Gasteiger partial charge in [-0.05, 0) is 57.3 Å². The highest BCUT2D eigenvalue weighted by molar-refractivity contribution is 5.91. The van der Waals surface area contributed by atoms with Crippen LogP contribution in [0.15, 0.2) is 164 Å². The largest absolute Gasteiger partial charge is 0.485 e. The monoisotopic (exact) mass is 603 g/mol. The van der Waals surface area contributed by atoms with Crippen molar-refractivity contribution in [3.63, 3.8) is 0 Å². The number of benzene rings is 6. The maximum Gasteiger partial charge on any atom is 0.164 e. The van der Waals surface area contributed by atoms with Gasteiger partial charge in [0.2, 0.25) is 0 Å². The van der Waals surface area contributed by atoms with E-state index in [9.17, 15) is 0 Å². The minimum absolute atomic E-state index is 0.0104. The Hall–Kier alpha value is -6.13. The number of hydrogen-bond donors (Lipinski definition) is 0.